The quantitative estimate of drug-likeness (QED) is 0.0709. The van der Waals surface area contributed by atoms with Crippen LogP contribution in [-0.4, -0.2) is 165 Å². The first kappa shape index (κ1) is 56.0. The number of Topliss-reactive ketones (excluding diaryl/α,β-unsaturated/α-hetero) is 2. The molecule has 0 unspecified atom stereocenters. The van der Waals surface area contributed by atoms with Crippen molar-refractivity contribution in [2.24, 2.45) is 0 Å². The lowest BCUT2D eigenvalue weighted by Crippen LogP contribution is -2.50. The Morgan fingerprint density at radius 3 is 1.57 bits per heavy atom. The zero-order valence-corrected chi connectivity index (χ0v) is 46.2. The normalized spacial score (nSPS) is 13.2. The Hall–Kier alpha value is -11.5. The molecule has 0 bridgehead atoms. The highest BCUT2D eigenvalue weighted by molar-refractivity contribution is 6.45. The van der Waals surface area contributed by atoms with Crippen LogP contribution in [0.4, 0.5) is 20.2 Å². The zero-order valence-electron chi connectivity index (χ0n) is 46.2. The highest BCUT2D eigenvalue weighted by Crippen LogP contribution is 2.33. The van der Waals surface area contributed by atoms with E-state index in [1.807, 2.05) is 94.6 Å². The number of aromatic nitrogens is 16. The van der Waals surface area contributed by atoms with E-state index < -0.39 is 35.1 Å². The second-order valence-electron chi connectivity index (χ2n) is 19.9. The first-order chi connectivity index (χ1) is 42.6. The molecular weight excluding hydrogens is 1120 g/mol. The molecule has 2 aliphatic rings. The molecule has 27 heteroatoms. The number of nitrogens with zero attached hydrogens (tertiary/aromatic N) is 17. The number of pyridine rings is 4. The van der Waals surface area contributed by atoms with E-state index >= 15 is 0 Å². The van der Waals surface area contributed by atoms with E-state index in [0.29, 0.717) is 39.3 Å². The van der Waals surface area contributed by atoms with Crippen molar-refractivity contribution in [3.05, 3.63) is 206 Å². The number of H-pyrrole nitrogens is 2. The van der Waals surface area contributed by atoms with Gasteiger partial charge < -0.3 is 35.1 Å². The summed E-state index contributed by atoms with van der Waals surface area (Å²) >= 11 is 0. The number of anilines is 2. The summed E-state index contributed by atoms with van der Waals surface area (Å²) < 4.78 is 35.3. The molecule has 25 nitrogen and oxygen atoms in total. The molecule has 2 fully saturated rings. The minimum Gasteiger partial charge on any atom is -0.475 e. The highest BCUT2D eigenvalue weighted by atomic mass is 19.1. The van der Waals surface area contributed by atoms with Crippen molar-refractivity contribution in [2.75, 3.05) is 62.2 Å². The highest BCUT2D eigenvalue weighted by Gasteiger charge is 2.32. The van der Waals surface area contributed by atoms with Gasteiger partial charge in [0, 0.05) is 101 Å². The van der Waals surface area contributed by atoms with Gasteiger partial charge in [0.15, 0.2) is 23.3 Å². The third-order valence-corrected chi connectivity index (χ3v) is 14.5. The van der Waals surface area contributed by atoms with Crippen LogP contribution in [0, 0.1) is 11.6 Å². The van der Waals surface area contributed by atoms with Gasteiger partial charge in [0.1, 0.15) is 24.0 Å². The Balaban J connectivity index is 0.000000141. The van der Waals surface area contributed by atoms with Crippen molar-refractivity contribution in [1.29, 1.82) is 0 Å². The van der Waals surface area contributed by atoms with E-state index in [-0.39, 0.29) is 44.6 Å². The SMILES string of the molecule is O=C(C(=O)N1CCN(c2cn(Cc3ccccn3)nc2-c2ccccc2)CC1)c1c[nH]c2c(-n3ccnn3)ncc(F)c12.O=C(O)C(=O)c1c[nH]c2c(-n3cncn3)ncc(F)c12.c1ccc(-c2nn(Cc3ccccn3)cc2N2CCNCC2)cc1. The van der Waals surface area contributed by atoms with Crippen LogP contribution >= 0.6 is 0 Å². The molecular formula is C60H52F2N20O5. The van der Waals surface area contributed by atoms with Gasteiger partial charge in [0.25, 0.3) is 17.5 Å². The van der Waals surface area contributed by atoms with Gasteiger partial charge in [-0.05, 0) is 24.3 Å². The number of aromatic amines is 2. The Labute approximate surface area is 492 Å². The number of nitrogens with one attached hydrogen (secondary N) is 3. The number of carboxylic acid groups (broad SMARTS) is 1. The van der Waals surface area contributed by atoms with E-state index in [0.717, 1.165) is 84.4 Å². The van der Waals surface area contributed by atoms with Gasteiger partial charge in [-0.1, -0.05) is 78.0 Å². The summed E-state index contributed by atoms with van der Waals surface area (Å²) in [6, 6.07) is 32.1. The Morgan fingerprint density at radius 2 is 1.09 bits per heavy atom. The van der Waals surface area contributed by atoms with Crippen molar-refractivity contribution in [1.82, 2.24) is 89.4 Å². The lowest BCUT2D eigenvalue weighted by molar-refractivity contribution is -0.131. The number of benzene rings is 2. The number of ketones is 2. The molecule has 2 aliphatic heterocycles. The molecule has 0 spiro atoms. The number of fused-ring (bicyclic) bond motifs is 2. The third-order valence-electron chi connectivity index (χ3n) is 14.5. The van der Waals surface area contributed by atoms with Crippen LogP contribution in [0.15, 0.2) is 172 Å². The van der Waals surface area contributed by atoms with E-state index in [9.17, 15) is 28.0 Å². The van der Waals surface area contributed by atoms with Gasteiger partial charge in [-0.15, -0.1) is 5.10 Å². The fraction of sp³-hybridized carbons (Fsp3) is 0.167. The van der Waals surface area contributed by atoms with Crippen LogP contribution in [0.3, 0.4) is 0 Å². The van der Waals surface area contributed by atoms with Crippen LogP contribution in [0.5, 0.6) is 0 Å². The smallest absolute Gasteiger partial charge is 0.377 e. The van der Waals surface area contributed by atoms with Crippen LogP contribution in [-0.2, 0) is 22.7 Å². The molecule has 4 N–H and O–H groups in total. The first-order valence-electron chi connectivity index (χ1n) is 27.5. The maximum atomic E-state index is 14.9. The summed E-state index contributed by atoms with van der Waals surface area (Å²) in [5.41, 5.74) is 8.17. The van der Waals surface area contributed by atoms with Crippen LogP contribution in [0.2, 0.25) is 0 Å². The molecule has 0 saturated carbocycles. The molecule has 0 atom stereocenters. The molecule has 0 aliphatic carbocycles. The van der Waals surface area contributed by atoms with Gasteiger partial charge in [-0.25, -0.2) is 37.9 Å². The Bertz CT molecular complexity index is 4350. The summed E-state index contributed by atoms with van der Waals surface area (Å²) in [6.07, 6.45) is 17.7. The van der Waals surface area contributed by atoms with Crippen molar-refractivity contribution < 1.29 is 33.1 Å². The number of carbonyl (C=O) groups is 4. The molecule has 12 heterocycles. The van der Waals surface area contributed by atoms with Crippen molar-refractivity contribution in [3.63, 3.8) is 0 Å². The van der Waals surface area contributed by atoms with Gasteiger partial charge in [0.2, 0.25) is 0 Å². The van der Waals surface area contributed by atoms with E-state index in [4.69, 9.17) is 15.3 Å². The summed E-state index contributed by atoms with van der Waals surface area (Å²) in [5.74, 6) is -5.37. The molecule has 87 heavy (non-hydrogen) atoms. The number of piperazine rings is 2. The van der Waals surface area contributed by atoms with Crippen molar-refractivity contribution >= 4 is 56.6 Å². The predicted octanol–water partition coefficient (Wildman–Crippen LogP) is 6.07. The standard InChI is InChI=1S/C30H25FN10O2.C19H21N5.C11H6FN5O3/c31-23-17-34-29(41-11-10-35-37-41)27-25(23)22(16-33-27)28(42)30(43)39-14-12-38(13-15-39)24-19-40(18-21-8-4-5-9-32-21)36-26(24)20-6-2-1-3-7-20;1-2-6-16(7-3-1)19-18(23-12-10-20-11-13-23)15-24(22-19)14-17-8-4-5-9-21-17;12-6-2-15-10(17-4-13-3-16-17)8-7(6)5(1-14-8)9(18)11(19)20/h1-11,16-17,19,33H,12-15,18H2;1-9,15,20H,10-14H2;1-4,14H,(H,19,20). The average molecular weight is 1170 g/mol. The lowest BCUT2D eigenvalue weighted by atomic mass is 10.1. The van der Waals surface area contributed by atoms with E-state index in [2.05, 4.69) is 95.9 Å². The van der Waals surface area contributed by atoms with Crippen molar-refractivity contribution in [3.8, 4) is 34.2 Å². The van der Waals surface area contributed by atoms with Crippen molar-refractivity contribution in [2.45, 2.75) is 13.1 Å². The minimum absolute atomic E-state index is 0.00897. The van der Waals surface area contributed by atoms with Crippen LogP contribution in [0.1, 0.15) is 32.1 Å². The molecule has 12 aromatic rings. The maximum absolute atomic E-state index is 14.9. The average Bonchev–Trinajstić information content (AvgIpc) is 2.23. The summed E-state index contributed by atoms with van der Waals surface area (Å²) in [7, 11) is 0. The molecule has 436 valence electrons. The minimum atomic E-state index is -1.66. The number of amides is 1. The fourth-order valence-corrected chi connectivity index (χ4v) is 10.3. The molecule has 0 radical (unpaired) electrons. The number of carboxylic acids is 1. The first-order valence-corrected chi connectivity index (χ1v) is 27.5. The van der Waals surface area contributed by atoms with Crippen LogP contribution in [0.25, 0.3) is 56.0 Å². The van der Waals surface area contributed by atoms with Gasteiger partial charge in [-0.3, -0.25) is 33.7 Å². The number of aliphatic carboxylic acids is 1. The zero-order chi connectivity index (χ0) is 59.8. The molecule has 1 amide bonds. The predicted molar refractivity (Wildman–Crippen MR) is 314 cm³/mol. The van der Waals surface area contributed by atoms with Gasteiger partial charge in [0.05, 0.1) is 93.6 Å². The monoisotopic (exact) mass is 1170 g/mol. The van der Waals surface area contributed by atoms with E-state index in [1.54, 1.807) is 12.4 Å². The topological polar surface area (TPSA) is 290 Å². The van der Waals surface area contributed by atoms with Crippen LogP contribution < -0.4 is 15.1 Å². The second-order valence-corrected chi connectivity index (χ2v) is 19.9. The second kappa shape index (κ2) is 25.2. The number of hydrogen-bond acceptors (Lipinski definition) is 17. The maximum Gasteiger partial charge on any atom is 0.377 e. The largest absolute Gasteiger partial charge is 0.475 e. The van der Waals surface area contributed by atoms with Gasteiger partial charge >= 0.3 is 5.97 Å². The van der Waals surface area contributed by atoms with Gasteiger partial charge in [-0.2, -0.15) is 15.3 Å². The number of carbonyl (C=O) groups excluding carboxylic acids is 3. The lowest BCUT2D eigenvalue weighted by Gasteiger charge is -2.35. The Kier molecular flexibility index (Phi) is 16.2. The molecule has 2 saturated heterocycles. The fourth-order valence-electron chi connectivity index (χ4n) is 10.3. The number of halogens is 2. The number of hydrogen-bond donors (Lipinski definition) is 4. The Morgan fingerprint density at radius 1 is 0.575 bits per heavy atom. The molecule has 14 rings (SSSR count). The summed E-state index contributed by atoms with van der Waals surface area (Å²) in [6.45, 7) is 6.88. The molecule has 10 aromatic heterocycles. The van der Waals surface area contributed by atoms with E-state index in [1.165, 1.54) is 45.0 Å². The number of rotatable bonds is 14. The molecule has 2 aromatic carbocycles. The summed E-state index contributed by atoms with van der Waals surface area (Å²) in [4.78, 5) is 81.1. The summed E-state index contributed by atoms with van der Waals surface area (Å²) in [5, 5.41) is 33.2. The third kappa shape index (κ3) is 12.0.